The second-order valence-corrected chi connectivity index (χ2v) is 8.34. The minimum atomic E-state index is -0.549. The maximum absolute atomic E-state index is 13.4. The molecule has 1 aliphatic heterocycles. The van der Waals surface area contributed by atoms with E-state index in [-0.39, 0.29) is 29.0 Å². The highest BCUT2D eigenvalue weighted by Gasteiger charge is 2.49. The van der Waals surface area contributed by atoms with Crippen LogP contribution in [-0.4, -0.2) is 63.9 Å². The van der Waals surface area contributed by atoms with E-state index in [0.29, 0.717) is 43.2 Å². The molecule has 1 N–H and O–H groups in total. The predicted octanol–water partition coefficient (Wildman–Crippen LogP) is 3.36. The summed E-state index contributed by atoms with van der Waals surface area (Å²) in [6.07, 6.45) is 3.40. The van der Waals surface area contributed by atoms with E-state index in [2.05, 4.69) is 10.4 Å². The Balaban J connectivity index is 1.47. The molecule has 3 amide bonds. The molecule has 0 atom stereocenters. The maximum Gasteiger partial charge on any atom is 0.322 e. The summed E-state index contributed by atoms with van der Waals surface area (Å²) in [5.74, 6) is -0.669. The fourth-order valence-corrected chi connectivity index (χ4v) is 3.96. The van der Waals surface area contributed by atoms with Gasteiger partial charge >= 0.3 is 6.03 Å². The van der Waals surface area contributed by atoms with E-state index in [9.17, 15) is 14.0 Å². The molecule has 0 unspecified atom stereocenters. The summed E-state index contributed by atoms with van der Waals surface area (Å²) >= 11 is 5.79. The van der Waals surface area contributed by atoms with E-state index in [4.69, 9.17) is 16.3 Å². The Hall–Kier alpha value is -2.65. The Bertz CT molecular complexity index is 1010. The Morgan fingerprint density at radius 3 is 2.81 bits per heavy atom. The Morgan fingerprint density at radius 2 is 2.13 bits per heavy atom. The minimum absolute atomic E-state index is 0.0634. The van der Waals surface area contributed by atoms with Gasteiger partial charge in [-0.1, -0.05) is 11.6 Å². The molecule has 1 saturated carbocycles. The molecule has 2 heterocycles. The number of hydrogen-bond acceptors (Lipinski definition) is 4. The number of aromatic nitrogens is 2. The fraction of sp³-hybridized carbons (Fsp3) is 0.476. The van der Waals surface area contributed by atoms with Gasteiger partial charge in [0.15, 0.2) is 0 Å². The molecule has 0 saturated heterocycles. The molecule has 166 valence electrons. The average molecular weight is 450 g/mol. The molecule has 10 heteroatoms. The lowest BCUT2D eigenvalue weighted by molar-refractivity contribution is 0.0461. The lowest BCUT2D eigenvalue weighted by Crippen LogP contribution is -2.44. The smallest absolute Gasteiger partial charge is 0.322 e. The molecule has 2 aromatic rings. The van der Waals surface area contributed by atoms with Gasteiger partial charge in [0.05, 0.1) is 47.7 Å². The molecule has 1 fully saturated rings. The number of benzene rings is 1. The molecule has 1 aliphatic carbocycles. The third-order valence-corrected chi connectivity index (χ3v) is 6.27. The topological polar surface area (TPSA) is 79.7 Å². The number of nitrogens with zero attached hydrogens (tertiary/aromatic N) is 4. The molecule has 2 aliphatic rings. The summed E-state index contributed by atoms with van der Waals surface area (Å²) in [7, 11) is 1.80. The summed E-state index contributed by atoms with van der Waals surface area (Å²) in [5.41, 5.74) is 1.34. The van der Waals surface area contributed by atoms with Crippen molar-refractivity contribution in [1.29, 1.82) is 0 Å². The SMILES string of the molecule is CCOCC1(N(C)C(=O)c2cnn3c2CN(C(=O)Nc2ccc(F)c(Cl)c2)CC3)CC1. The normalized spacial score (nSPS) is 16.6. The van der Waals surface area contributed by atoms with Crippen LogP contribution in [0.2, 0.25) is 5.02 Å². The molecule has 4 rings (SSSR count). The predicted molar refractivity (Wildman–Crippen MR) is 114 cm³/mol. The van der Waals surface area contributed by atoms with Crippen molar-refractivity contribution in [3.8, 4) is 0 Å². The summed E-state index contributed by atoms with van der Waals surface area (Å²) in [4.78, 5) is 29.3. The van der Waals surface area contributed by atoms with E-state index in [1.807, 2.05) is 6.92 Å². The van der Waals surface area contributed by atoms with E-state index < -0.39 is 5.82 Å². The zero-order valence-corrected chi connectivity index (χ0v) is 18.3. The largest absolute Gasteiger partial charge is 0.379 e. The van der Waals surface area contributed by atoms with Crippen LogP contribution in [0.1, 0.15) is 35.8 Å². The number of carbonyl (C=O) groups excluding carboxylic acids is 2. The van der Waals surface area contributed by atoms with Crippen LogP contribution >= 0.6 is 11.6 Å². The van der Waals surface area contributed by atoms with Crippen molar-refractivity contribution in [2.24, 2.45) is 0 Å². The third kappa shape index (κ3) is 4.24. The second-order valence-electron chi connectivity index (χ2n) is 7.93. The van der Waals surface area contributed by atoms with Crippen LogP contribution in [0.4, 0.5) is 14.9 Å². The number of likely N-dealkylation sites (N-methyl/N-ethyl adjacent to an activating group) is 1. The summed E-state index contributed by atoms with van der Waals surface area (Å²) < 4.78 is 20.7. The molecule has 0 radical (unpaired) electrons. The van der Waals surface area contributed by atoms with Crippen LogP contribution in [-0.2, 0) is 17.8 Å². The number of rotatable bonds is 6. The van der Waals surface area contributed by atoms with Gasteiger partial charge in [-0.2, -0.15) is 5.10 Å². The van der Waals surface area contributed by atoms with Crippen LogP contribution in [0, 0.1) is 5.82 Å². The Morgan fingerprint density at radius 1 is 1.35 bits per heavy atom. The van der Waals surface area contributed by atoms with Crippen LogP contribution in [0.3, 0.4) is 0 Å². The minimum Gasteiger partial charge on any atom is -0.379 e. The molecule has 0 spiro atoms. The van der Waals surface area contributed by atoms with Crippen LogP contribution in [0.25, 0.3) is 0 Å². The molecular formula is C21H25ClFN5O3. The van der Waals surface area contributed by atoms with Crippen molar-refractivity contribution in [3.05, 3.63) is 46.5 Å². The Kier molecular flexibility index (Phi) is 5.90. The first-order chi connectivity index (χ1) is 14.8. The lowest BCUT2D eigenvalue weighted by Gasteiger charge is -2.30. The highest BCUT2D eigenvalue weighted by Crippen LogP contribution is 2.42. The zero-order valence-electron chi connectivity index (χ0n) is 17.5. The van der Waals surface area contributed by atoms with Gasteiger partial charge in [0.1, 0.15) is 5.82 Å². The quantitative estimate of drug-likeness (QED) is 0.733. The van der Waals surface area contributed by atoms with E-state index >= 15 is 0 Å². The van der Waals surface area contributed by atoms with Gasteiger partial charge in [0.25, 0.3) is 5.91 Å². The number of halogens is 2. The number of hydrogen-bond donors (Lipinski definition) is 1. The number of nitrogens with one attached hydrogen (secondary N) is 1. The summed E-state index contributed by atoms with van der Waals surface area (Å²) in [5, 5.41) is 7.01. The van der Waals surface area contributed by atoms with Crippen LogP contribution in [0.5, 0.6) is 0 Å². The second kappa shape index (κ2) is 8.47. The average Bonchev–Trinajstić information content (AvgIpc) is 3.44. The van der Waals surface area contributed by atoms with Crippen molar-refractivity contribution in [2.45, 2.75) is 38.4 Å². The molecule has 31 heavy (non-hydrogen) atoms. The van der Waals surface area contributed by atoms with E-state index in [0.717, 1.165) is 12.8 Å². The van der Waals surface area contributed by atoms with Gasteiger partial charge in [0.2, 0.25) is 0 Å². The van der Waals surface area contributed by atoms with Crippen molar-refractivity contribution >= 4 is 29.2 Å². The van der Waals surface area contributed by atoms with Gasteiger partial charge in [-0.3, -0.25) is 9.48 Å². The molecule has 0 bridgehead atoms. The first kappa shape index (κ1) is 21.6. The van der Waals surface area contributed by atoms with Crippen molar-refractivity contribution in [1.82, 2.24) is 19.6 Å². The molecule has 1 aromatic carbocycles. The van der Waals surface area contributed by atoms with Crippen molar-refractivity contribution < 1.29 is 18.7 Å². The number of anilines is 1. The van der Waals surface area contributed by atoms with Crippen molar-refractivity contribution in [2.75, 3.05) is 32.1 Å². The van der Waals surface area contributed by atoms with Crippen LogP contribution < -0.4 is 5.32 Å². The highest BCUT2D eigenvalue weighted by molar-refractivity contribution is 6.31. The van der Waals surface area contributed by atoms with E-state index in [1.54, 1.807) is 27.7 Å². The van der Waals surface area contributed by atoms with Gasteiger partial charge in [-0.25, -0.2) is 9.18 Å². The van der Waals surface area contributed by atoms with Crippen molar-refractivity contribution in [3.63, 3.8) is 0 Å². The van der Waals surface area contributed by atoms with Gasteiger partial charge in [-0.05, 0) is 38.0 Å². The number of ether oxygens (including phenoxy) is 1. The summed E-state index contributed by atoms with van der Waals surface area (Å²) in [6.45, 7) is 4.22. The molecule has 1 aromatic heterocycles. The molecular weight excluding hydrogens is 425 g/mol. The number of urea groups is 1. The standard InChI is InChI=1S/C21H25ClFN5O3/c1-3-31-13-21(6-7-21)26(2)19(29)15-11-24-28-9-8-27(12-18(15)28)20(30)25-14-4-5-17(23)16(22)10-14/h4-5,10-11H,3,6-9,12-13H2,1-2H3,(H,25,30). The van der Waals surface area contributed by atoms with Crippen LogP contribution in [0.15, 0.2) is 24.4 Å². The number of carbonyl (C=O) groups is 2. The maximum atomic E-state index is 13.4. The first-order valence-corrected chi connectivity index (χ1v) is 10.6. The van der Waals surface area contributed by atoms with Gasteiger partial charge in [0, 0.05) is 25.9 Å². The Labute approximate surface area is 184 Å². The van der Waals surface area contributed by atoms with Gasteiger partial charge in [-0.15, -0.1) is 0 Å². The number of fused-ring (bicyclic) bond motifs is 1. The third-order valence-electron chi connectivity index (χ3n) is 5.98. The molecule has 8 nitrogen and oxygen atoms in total. The van der Waals surface area contributed by atoms with E-state index in [1.165, 1.54) is 18.2 Å². The highest BCUT2D eigenvalue weighted by atomic mass is 35.5. The number of amides is 3. The van der Waals surface area contributed by atoms with Gasteiger partial charge < -0.3 is 19.9 Å². The monoisotopic (exact) mass is 449 g/mol. The lowest BCUT2D eigenvalue weighted by atomic mass is 10.1. The fourth-order valence-electron chi connectivity index (χ4n) is 3.78. The first-order valence-electron chi connectivity index (χ1n) is 10.3. The zero-order chi connectivity index (χ0) is 22.2. The summed E-state index contributed by atoms with van der Waals surface area (Å²) in [6, 6.07) is 3.66.